The second-order valence-corrected chi connectivity index (χ2v) is 11.2. The van der Waals surface area contributed by atoms with Gasteiger partial charge in [0.1, 0.15) is 11.6 Å². The van der Waals surface area contributed by atoms with Gasteiger partial charge < -0.3 is 10.1 Å². The van der Waals surface area contributed by atoms with Crippen LogP contribution in [0.4, 0.5) is 10.5 Å². The second-order valence-electron chi connectivity index (χ2n) is 10.4. The van der Waals surface area contributed by atoms with Gasteiger partial charge in [-0.25, -0.2) is 4.79 Å². The number of likely N-dealkylation sites (tertiary alicyclic amines) is 1. The molecule has 4 rings (SSSR count). The highest BCUT2D eigenvalue weighted by Gasteiger charge is 2.35. The van der Waals surface area contributed by atoms with E-state index in [1.54, 1.807) is 11.0 Å². The van der Waals surface area contributed by atoms with Crippen molar-refractivity contribution in [3.05, 3.63) is 63.1 Å². The molecule has 0 saturated carbocycles. The van der Waals surface area contributed by atoms with E-state index >= 15 is 0 Å². The molecule has 35 heavy (non-hydrogen) atoms. The average Bonchev–Trinajstić information content (AvgIpc) is 2.79. The summed E-state index contributed by atoms with van der Waals surface area (Å²) in [7, 11) is 0. The molecule has 0 aromatic heterocycles. The van der Waals surface area contributed by atoms with Gasteiger partial charge in [0.25, 0.3) is 0 Å². The van der Waals surface area contributed by atoms with Crippen molar-refractivity contribution in [2.24, 2.45) is 0 Å². The van der Waals surface area contributed by atoms with Gasteiger partial charge in [0.15, 0.2) is 0 Å². The molecule has 2 aromatic carbocycles. The number of anilines is 1. The summed E-state index contributed by atoms with van der Waals surface area (Å²) in [6.07, 6.45) is 2.89. The third-order valence-corrected chi connectivity index (χ3v) is 6.99. The monoisotopic (exact) mass is 517 g/mol. The third kappa shape index (κ3) is 6.69. The minimum absolute atomic E-state index is 0.219. The number of piperidine rings is 1. The standard InChI is InChI=1S/C27H33Cl2N3O3/c1-27(2,3)35-26(34)32-12-5-4-6-24(32)25(33)30-22-10-8-19(23(29)15-22)16-31-13-11-18-7-9-21(28)14-20(18)17-31/h7-10,14-15,24H,4-6,11-13,16-17H2,1-3H3,(H,30,33)/t24-/m1/s1. The Morgan fingerprint density at radius 1 is 1.06 bits per heavy atom. The maximum absolute atomic E-state index is 13.1. The molecule has 1 atom stereocenters. The summed E-state index contributed by atoms with van der Waals surface area (Å²) in [5.41, 5.74) is 3.61. The van der Waals surface area contributed by atoms with Gasteiger partial charge in [-0.3, -0.25) is 14.6 Å². The van der Waals surface area contributed by atoms with Crippen LogP contribution < -0.4 is 5.32 Å². The van der Waals surface area contributed by atoms with Gasteiger partial charge in [0, 0.05) is 41.9 Å². The number of nitrogens with zero attached hydrogens (tertiary/aromatic N) is 2. The van der Waals surface area contributed by atoms with E-state index < -0.39 is 17.7 Å². The molecular formula is C27H33Cl2N3O3. The molecule has 0 aliphatic carbocycles. The van der Waals surface area contributed by atoms with Crippen molar-refractivity contribution in [2.45, 2.75) is 71.2 Å². The van der Waals surface area contributed by atoms with Crippen LogP contribution in [0.15, 0.2) is 36.4 Å². The number of amides is 2. The SMILES string of the molecule is CC(C)(C)OC(=O)N1CCCC[C@@H]1C(=O)Nc1ccc(CN2CCc3ccc(Cl)cc3C2)c(Cl)c1. The Labute approximate surface area is 217 Å². The van der Waals surface area contributed by atoms with Gasteiger partial charge in [-0.2, -0.15) is 0 Å². The largest absolute Gasteiger partial charge is 0.444 e. The van der Waals surface area contributed by atoms with Crippen molar-refractivity contribution < 1.29 is 14.3 Å². The van der Waals surface area contributed by atoms with E-state index in [0.717, 1.165) is 42.9 Å². The maximum atomic E-state index is 13.1. The zero-order valence-corrected chi connectivity index (χ0v) is 22.1. The van der Waals surface area contributed by atoms with Crippen LogP contribution in [0, 0.1) is 0 Å². The van der Waals surface area contributed by atoms with E-state index in [0.29, 0.717) is 30.2 Å². The minimum atomic E-state index is -0.610. The van der Waals surface area contributed by atoms with Crippen molar-refractivity contribution >= 4 is 40.9 Å². The lowest BCUT2D eigenvalue weighted by Gasteiger charge is -2.35. The number of carbonyl (C=O) groups is 2. The molecule has 8 heteroatoms. The zero-order valence-electron chi connectivity index (χ0n) is 20.6. The average molecular weight is 518 g/mol. The van der Waals surface area contributed by atoms with Crippen LogP contribution in [0.5, 0.6) is 0 Å². The molecule has 0 spiro atoms. The fourth-order valence-electron chi connectivity index (χ4n) is 4.68. The molecule has 2 aliphatic rings. The first-order chi connectivity index (χ1) is 16.6. The van der Waals surface area contributed by atoms with Crippen molar-refractivity contribution in [3.63, 3.8) is 0 Å². The molecule has 2 amide bonds. The first-order valence-corrected chi connectivity index (χ1v) is 12.9. The fourth-order valence-corrected chi connectivity index (χ4v) is 5.12. The molecule has 188 valence electrons. The van der Waals surface area contributed by atoms with E-state index in [9.17, 15) is 9.59 Å². The minimum Gasteiger partial charge on any atom is -0.444 e. The van der Waals surface area contributed by atoms with Gasteiger partial charge in [-0.05, 0) is 87.4 Å². The van der Waals surface area contributed by atoms with E-state index in [1.807, 2.05) is 45.0 Å². The molecular weight excluding hydrogens is 485 g/mol. The quantitative estimate of drug-likeness (QED) is 0.518. The summed E-state index contributed by atoms with van der Waals surface area (Å²) < 4.78 is 5.52. The Kier molecular flexibility index (Phi) is 7.94. The number of rotatable bonds is 4. The first-order valence-electron chi connectivity index (χ1n) is 12.2. The van der Waals surface area contributed by atoms with Gasteiger partial charge in [0.2, 0.25) is 5.91 Å². The Morgan fingerprint density at radius 3 is 2.60 bits per heavy atom. The normalized spacial score (nSPS) is 18.7. The van der Waals surface area contributed by atoms with E-state index in [1.165, 1.54) is 11.1 Å². The van der Waals surface area contributed by atoms with Gasteiger partial charge in [-0.15, -0.1) is 0 Å². The first kappa shape index (κ1) is 25.8. The second kappa shape index (κ2) is 10.8. The molecule has 2 aromatic rings. The third-order valence-electron chi connectivity index (χ3n) is 6.41. The van der Waals surface area contributed by atoms with Crippen LogP contribution in [0.3, 0.4) is 0 Å². The Balaban J connectivity index is 1.39. The summed E-state index contributed by atoms with van der Waals surface area (Å²) in [5.74, 6) is -0.219. The van der Waals surface area contributed by atoms with Crippen LogP contribution in [0.25, 0.3) is 0 Å². The van der Waals surface area contributed by atoms with Gasteiger partial charge >= 0.3 is 6.09 Å². The molecule has 1 saturated heterocycles. The summed E-state index contributed by atoms with van der Waals surface area (Å²) in [6, 6.07) is 11.1. The number of hydrogen-bond acceptors (Lipinski definition) is 4. The lowest BCUT2D eigenvalue weighted by atomic mass is 9.99. The number of nitrogens with one attached hydrogen (secondary N) is 1. The maximum Gasteiger partial charge on any atom is 0.410 e. The number of fused-ring (bicyclic) bond motifs is 1. The lowest BCUT2D eigenvalue weighted by molar-refractivity contribution is -0.122. The summed E-state index contributed by atoms with van der Waals surface area (Å²) in [5, 5.41) is 4.31. The lowest BCUT2D eigenvalue weighted by Crippen LogP contribution is -2.51. The highest BCUT2D eigenvalue weighted by Crippen LogP contribution is 2.28. The van der Waals surface area contributed by atoms with Crippen LogP contribution in [-0.2, 0) is 29.0 Å². The van der Waals surface area contributed by atoms with Gasteiger partial charge in [0.05, 0.1) is 0 Å². The van der Waals surface area contributed by atoms with Crippen LogP contribution in [0.2, 0.25) is 10.0 Å². The van der Waals surface area contributed by atoms with Crippen molar-refractivity contribution in [1.82, 2.24) is 9.80 Å². The molecule has 6 nitrogen and oxygen atoms in total. The van der Waals surface area contributed by atoms with Crippen molar-refractivity contribution in [1.29, 1.82) is 0 Å². The molecule has 2 heterocycles. The van der Waals surface area contributed by atoms with Crippen LogP contribution in [0.1, 0.15) is 56.7 Å². The smallest absolute Gasteiger partial charge is 0.410 e. The molecule has 2 aliphatic heterocycles. The van der Waals surface area contributed by atoms with Crippen LogP contribution >= 0.6 is 23.2 Å². The highest BCUT2D eigenvalue weighted by molar-refractivity contribution is 6.31. The summed E-state index contributed by atoms with van der Waals surface area (Å²) in [4.78, 5) is 29.6. The highest BCUT2D eigenvalue weighted by atomic mass is 35.5. The predicted octanol–water partition coefficient (Wildman–Crippen LogP) is 6.28. The molecule has 1 fully saturated rings. The van der Waals surface area contributed by atoms with E-state index in [2.05, 4.69) is 16.3 Å². The van der Waals surface area contributed by atoms with Crippen molar-refractivity contribution in [3.8, 4) is 0 Å². The number of ether oxygens (including phenoxy) is 1. The molecule has 0 unspecified atom stereocenters. The Bertz CT molecular complexity index is 1100. The number of hydrogen-bond donors (Lipinski definition) is 1. The van der Waals surface area contributed by atoms with E-state index in [-0.39, 0.29) is 5.91 Å². The molecule has 0 bridgehead atoms. The van der Waals surface area contributed by atoms with Crippen molar-refractivity contribution in [2.75, 3.05) is 18.4 Å². The number of benzene rings is 2. The fraction of sp³-hybridized carbons (Fsp3) is 0.481. The number of carbonyl (C=O) groups excluding carboxylic acids is 2. The molecule has 0 radical (unpaired) electrons. The van der Waals surface area contributed by atoms with Crippen LogP contribution in [-0.4, -0.2) is 46.5 Å². The topological polar surface area (TPSA) is 61.9 Å². The predicted molar refractivity (Wildman–Crippen MR) is 140 cm³/mol. The Morgan fingerprint density at radius 2 is 1.86 bits per heavy atom. The molecule has 1 N–H and O–H groups in total. The summed E-state index contributed by atoms with van der Waals surface area (Å²) >= 11 is 12.8. The van der Waals surface area contributed by atoms with Gasteiger partial charge in [-0.1, -0.05) is 35.3 Å². The summed E-state index contributed by atoms with van der Waals surface area (Å²) in [6.45, 7) is 8.48. The Hall–Kier alpha value is -2.28. The zero-order chi connectivity index (χ0) is 25.2. The number of halogens is 2. The van der Waals surface area contributed by atoms with E-state index in [4.69, 9.17) is 27.9 Å².